The van der Waals surface area contributed by atoms with Gasteiger partial charge < -0.3 is 10.5 Å². The van der Waals surface area contributed by atoms with Gasteiger partial charge in [0.1, 0.15) is 5.52 Å². The minimum atomic E-state index is 0.348. The number of methoxy groups -OCH3 is 1. The van der Waals surface area contributed by atoms with E-state index >= 15 is 0 Å². The van der Waals surface area contributed by atoms with Crippen molar-refractivity contribution in [2.45, 2.75) is 39.5 Å². The van der Waals surface area contributed by atoms with Crippen molar-refractivity contribution in [2.24, 2.45) is 12.8 Å². The molecule has 0 amide bonds. The Kier molecular flexibility index (Phi) is 5.98. The molecule has 0 spiro atoms. The molecule has 0 fully saturated rings. The SMILES string of the molecule is COCCC(CCN)c1c2cccc(-c3c(C)cc(C)cc3C)c2nn1C. The van der Waals surface area contributed by atoms with E-state index in [1.165, 1.54) is 38.9 Å². The van der Waals surface area contributed by atoms with Crippen molar-refractivity contribution in [3.63, 3.8) is 0 Å². The lowest BCUT2D eigenvalue weighted by Crippen LogP contribution is -2.13. The topological polar surface area (TPSA) is 53.1 Å². The summed E-state index contributed by atoms with van der Waals surface area (Å²) in [6, 6.07) is 11.0. The fraction of sp³-hybridized carbons (Fsp3) is 0.435. The first-order valence-corrected chi connectivity index (χ1v) is 9.70. The van der Waals surface area contributed by atoms with Gasteiger partial charge in [0.25, 0.3) is 0 Å². The monoisotopic (exact) mass is 365 g/mol. The zero-order valence-corrected chi connectivity index (χ0v) is 17.2. The second-order valence-electron chi connectivity index (χ2n) is 7.54. The standard InChI is InChI=1S/C23H31N3O/c1-15-13-16(2)21(17(3)14-15)19-7-6-8-20-22(19)25-26(4)23(20)18(9-11-24)10-12-27-5/h6-8,13-14,18H,9-12,24H2,1-5H3. The fourth-order valence-corrected chi connectivity index (χ4v) is 4.41. The number of fused-ring (bicyclic) bond motifs is 1. The van der Waals surface area contributed by atoms with Gasteiger partial charge in [-0.25, -0.2) is 0 Å². The third-order valence-electron chi connectivity index (χ3n) is 5.43. The first kappa shape index (κ1) is 19.6. The number of nitrogens with zero attached hydrogens (tertiary/aromatic N) is 2. The fourth-order valence-electron chi connectivity index (χ4n) is 4.41. The van der Waals surface area contributed by atoms with E-state index in [4.69, 9.17) is 15.6 Å². The number of hydrogen-bond acceptors (Lipinski definition) is 3. The Morgan fingerprint density at radius 3 is 2.44 bits per heavy atom. The third-order valence-corrected chi connectivity index (χ3v) is 5.43. The smallest absolute Gasteiger partial charge is 0.100 e. The number of benzene rings is 2. The molecule has 0 aliphatic rings. The van der Waals surface area contributed by atoms with Gasteiger partial charge in [-0.2, -0.15) is 5.10 Å². The Morgan fingerprint density at radius 2 is 1.81 bits per heavy atom. The Hall–Kier alpha value is -2.17. The van der Waals surface area contributed by atoms with Crippen molar-refractivity contribution in [3.8, 4) is 11.1 Å². The maximum absolute atomic E-state index is 5.91. The summed E-state index contributed by atoms with van der Waals surface area (Å²) in [5.41, 5.74) is 14.6. The van der Waals surface area contributed by atoms with E-state index in [2.05, 4.69) is 51.1 Å². The van der Waals surface area contributed by atoms with Gasteiger partial charge in [-0.15, -0.1) is 0 Å². The van der Waals surface area contributed by atoms with Gasteiger partial charge in [-0.1, -0.05) is 35.9 Å². The number of hydrogen-bond donors (Lipinski definition) is 1. The van der Waals surface area contributed by atoms with Crippen molar-refractivity contribution >= 4 is 10.9 Å². The van der Waals surface area contributed by atoms with Gasteiger partial charge in [0.2, 0.25) is 0 Å². The third kappa shape index (κ3) is 3.78. The summed E-state index contributed by atoms with van der Waals surface area (Å²) in [5.74, 6) is 0.348. The van der Waals surface area contributed by atoms with Crippen LogP contribution < -0.4 is 5.73 Å². The summed E-state index contributed by atoms with van der Waals surface area (Å²) in [4.78, 5) is 0. The van der Waals surface area contributed by atoms with Crippen molar-refractivity contribution < 1.29 is 4.74 Å². The normalized spacial score (nSPS) is 12.7. The maximum atomic E-state index is 5.91. The molecule has 27 heavy (non-hydrogen) atoms. The molecule has 0 saturated heterocycles. The van der Waals surface area contributed by atoms with Crippen LogP contribution in [0, 0.1) is 20.8 Å². The molecule has 1 unspecified atom stereocenters. The number of aromatic nitrogens is 2. The molecule has 1 aromatic heterocycles. The molecule has 2 aromatic carbocycles. The molecule has 3 aromatic rings. The Labute approximate surface area is 162 Å². The zero-order valence-electron chi connectivity index (χ0n) is 17.2. The number of rotatable bonds is 7. The second-order valence-corrected chi connectivity index (χ2v) is 7.54. The van der Waals surface area contributed by atoms with Crippen molar-refractivity contribution in [1.82, 2.24) is 9.78 Å². The molecular formula is C23H31N3O. The van der Waals surface area contributed by atoms with E-state index in [1.807, 2.05) is 11.7 Å². The lowest BCUT2D eigenvalue weighted by molar-refractivity contribution is 0.185. The number of nitrogens with two attached hydrogens (primary N) is 1. The summed E-state index contributed by atoms with van der Waals surface area (Å²) < 4.78 is 7.38. The number of ether oxygens (including phenoxy) is 1. The molecule has 144 valence electrons. The molecule has 0 bridgehead atoms. The highest BCUT2D eigenvalue weighted by Gasteiger charge is 2.21. The van der Waals surface area contributed by atoms with Crippen LogP contribution in [0.5, 0.6) is 0 Å². The van der Waals surface area contributed by atoms with Crippen LogP contribution >= 0.6 is 0 Å². The van der Waals surface area contributed by atoms with Crippen LogP contribution in [-0.4, -0.2) is 30.0 Å². The highest BCUT2D eigenvalue weighted by Crippen LogP contribution is 2.37. The Balaban J connectivity index is 2.19. The van der Waals surface area contributed by atoms with Crippen LogP contribution in [0.2, 0.25) is 0 Å². The summed E-state index contributed by atoms with van der Waals surface area (Å²) in [6.45, 7) is 7.92. The first-order valence-electron chi connectivity index (χ1n) is 9.70. The molecule has 3 rings (SSSR count). The van der Waals surface area contributed by atoms with E-state index in [0.29, 0.717) is 12.5 Å². The zero-order chi connectivity index (χ0) is 19.6. The average molecular weight is 366 g/mol. The molecule has 1 atom stereocenters. The summed E-state index contributed by atoms with van der Waals surface area (Å²) in [5, 5.41) is 6.17. The van der Waals surface area contributed by atoms with Crippen LogP contribution in [0.4, 0.5) is 0 Å². The van der Waals surface area contributed by atoms with Gasteiger partial charge in [-0.3, -0.25) is 4.68 Å². The lowest BCUT2D eigenvalue weighted by atomic mass is 9.90. The average Bonchev–Trinajstić information content (AvgIpc) is 2.94. The molecule has 0 saturated carbocycles. The van der Waals surface area contributed by atoms with Crippen molar-refractivity contribution in [3.05, 3.63) is 52.7 Å². The van der Waals surface area contributed by atoms with E-state index in [-0.39, 0.29) is 0 Å². The highest BCUT2D eigenvalue weighted by atomic mass is 16.5. The molecule has 0 aliphatic carbocycles. The van der Waals surface area contributed by atoms with Gasteiger partial charge in [0.05, 0.1) is 0 Å². The van der Waals surface area contributed by atoms with E-state index < -0.39 is 0 Å². The largest absolute Gasteiger partial charge is 0.385 e. The second kappa shape index (κ2) is 8.24. The summed E-state index contributed by atoms with van der Waals surface area (Å²) in [7, 11) is 3.80. The van der Waals surface area contributed by atoms with Crippen LogP contribution in [0.3, 0.4) is 0 Å². The molecule has 2 N–H and O–H groups in total. The van der Waals surface area contributed by atoms with Crippen LogP contribution in [0.25, 0.3) is 22.0 Å². The number of aryl methyl sites for hydroxylation is 4. The van der Waals surface area contributed by atoms with Crippen molar-refractivity contribution in [2.75, 3.05) is 20.3 Å². The van der Waals surface area contributed by atoms with Crippen LogP contribution in [0.1, 0.15) is 41.1 Å². The molecule has 4 nitrogen and oxygen atoms in total. The van der Waals surface area contributed by atoms with Gasteiger partial charge in [0, 0.05) is 43.3 Å². The summed E-state index contributed by atoms with van der Waals surface area (Å²) >= 11 is 0. The highest BCUT2D eigenvalue weighted by molar-refractivity contribution is 5.97. The molecular weight excluding hydrogens is 334 g/mol. The first-order chi connectivity index (χ1) is 13.0. The summed E-state index contributed by atoms with van der Waals surface area (Å²) in [6.07, 6.45) is 1.89. The van der Waals surface area contributed by atoms with Gasteiger partial charge in [-0.05, 0) is 56.8 Å². The predicted molar refractivity (Wildman–Crippen MR) is 113 cm³/mol. The Bertz CT molecular complexity index is 919. The van der Waals surface area contributed by atoms with Gasteiger partial charge >= 0.3 is 0 Å². The molecule has 4 heteroatoms. The van der Waals surface area contributed by atoms with E-state index in [0.717, 1.165) is 25.0 Å². The van der Waals surface area contributed by atoms with Crippen molar-refractivity contribution in [1.29, 1.82) is 0 Å². The van der Waals surface area contributed by atoms with Crippen LogP contribution in [0.15, 0.2) is 30.3 Å². The molecule has 0 aliphatic heterocycles. The van der Waals surface area contributed by atoms with Crippen LogP contribution in [-0.2, 0) is 11.8 Å². The maximum Gasteiger partial charge on any atom is 0.100 e. The van der Waals surface area contributed by atoms with E-state index in [1.54, 1.807) is 7.11 Å². The minimum Gasteiger partial charge on any atom is -0.385 e. The predicted octanol–water partition coefficient (Wildman–Crippen LogP) is 4.63. The molecule has 1 heterocycles. The van der Waals surface area contributed by atoms with E-state index in [9.17, 15) is 0 Å². The molecule has 0 radical (unpaired) electrons. The quantitative estimate of drug-likeness (QED) is 0.664. The van der Waals surface area contributed by atoms with Gasteiger partial charge in [0.15, 0.2) is 0 Å². The Morgan fingerprint density at radius 1 is 1.11 bits per heavy atom. The lowest BCUT2D eigenvalue weighted by Gasteiger charge is -2.17. The minimum absolute atomic E-state index is 0.348.